The first kappa shape index (κ1) is 8.25. The van der Waals surface area contributed by atoms with Crippen molar-refractivity contribution in [3.05, 3.63) is 0 Å². The monoisotopic (exact) mass is 180 g/mol. The van der Waals surface area contributed by atoms with Crippen LogP contribution in [-0.2, 0) is 0 Å². The Labute approximate surface area is 80.2 Å². The number of hydrogen-bond acceptors (Lipinski definition) is 2. The molecule has 0 aromatic heterocycles. The molecule has 0 amide bonds. The molecule has 0 heterocycles. The van der Waals surface area contributed by atoms with Crippen LogP contribution in [0.4, 0.5) is 0 Å². The average Bonchev–Trinajstić information content (AvgIpc) is 2.12. The molecule has 2 nitrogen and oxygen atoms in total. The Morgan fingerprint density at radius 1 is 1.15 bits per heavy atom. The van der Waals surface area contributed by atoms with Crippen LogP contribution in [0.15, 0.2) is 0 Å². The Morgan fingerprint density at radius 3 is 2.31 bits per heavy atom. The summed E-state index contributed by atoms with van der Waals surface area (Å²) < 4.78 is 0. The molecule has 0 saturated heterocycles. The molecule has 3 unspecified atom stereocenters. The lowest BCUT2D eigenvalue weighted by atomic mass is 9.49. The van der Waals surface area contributed by atoms with Gasteiger partial charge in [-0.3, -0.25) is 11.3 Å². The van der Waals surface area contributed by atoms with Crippen molar-refractivity contribution in [2.75, 3.05) is 0 Å². The first-order chi connectivity index (χ1) is 6.23. The van der Waals surface area contributed by atoms with Gasteiger partial charge in [0.05, 0.1) is 0 Å². The lowest BCUT2D eigenvalue weighted by Gasteiger charge is -2.60. The second-order valence-corrected chi connectivity index (χ2v) is 5.70. The highest BCUT2D eigenvalue weighted by molar-refractivity contribution is 5.08. The molecule has 4 fully saturated rings. The molecule has 13 heavy (non-hydrogen) atoms. The minimum Gasteiger partial charge on any atom is -0.271 e. The second-order valence-electron chi connectivity index (χ2n) is 5.70. The molecule has 4 aliphatic rings. The Bertz CT molecular complexity index is 212. The molecule has 2 heteroatoms. The topological polar surface area (TPSA) is 38.0 Å². The number of nitrogens with two attached hydrogens (primary N) is 1. The quantitative estimate of drug-likeness (QED) is 0.476. The summed E-state index contributed by atoms with van der Waals surface area (Å²) in [5.74, 6) is 9.53. The van der Waals surface area contributed by atoms with Gasteiger partial charge in [-0.1, -0.05) is 6.92 Å². The first-order valence-corrected chi connectivity index (χ1v) is 5.71. The number of nitrogens with one attached hydrogen (secondary N) is 1. The van der Waals surface area contributed by atoms with Gasteiger partial charge in [0.2, 0.25) is 0 Å². The molecule has 4 saturated carbocycles. The van der Waals surface area contributed by atoms with Crippen LogP contribution in [0.3, 0.4) is 0 Å². The highest BCUT2D eigenvalue weighted by Gasteiger charge is 2.54. The Morgan fingerprint density at radius 2 is 1.77 bits per heavy atom. The maximum Gasteiger partial charge on any atom is 0.0354 e. The molecular weight excluding hydrogens is 160 g/mol. The van der Waals surface area contributed by atoms with Gasteiger partial charge in [-0.2, -0.15) is 0 Å². The molecule has 4 aliphatic carbocycles. The summed E-state index contributed by atoms with van der Waals surface area (Å²) >= 11 is 0. The summed E-state index contributed by atoms with van der Waals surface area (Å²) in [6.45, 7) is 2.41. The van der Waals surface area contributed by atoms with Crippen LogP contribution in [0.5, 0.6) is 0 Å². The van der Waals surface area contributed by atoms with Gasteiger partial charge >= 0.3 is 0 Å². The Kier molecular flexibility index (Phi) is 1.58. The van der Waals surface area contributed by atoms with Crippen LogP contribution in [0.25, 0.3) is 0 Å². The summed E-state index contributed by atoms with van der Waals surface area (Å²) in [6, 6.07) is 0. The number of hydrogen-bond donors (Lipinski definition) is 2. The van der Waals surface area contributed by atoms with Crippen molar-refractivity contribution < 1.29 is 0 Å². The highest BCUT2D eigenvalue weighted by Crippen LogP contribution is 2.57. The summed E-state index contributed by atoms with van der Waals surface area (Å²) in [5, 5.41) is 0. The van der Waals surface area contributed by atoms with E-state index in [1.54, 1.807) is 0 Å². The Hall–Kier alpha value is -0.0800. The van der Waals surface area contributed by atoms with Gasteiger partial charge in [-0.05, 0) is 55.8 Å². The molecule has 0 aromatic rings. The van der Waals surface area contributed by atoms with Crippen molar-refractivity contribution in [2.45, 2.75) is 44.6 Å². The van der Waals surface area contributed by atoms with E-state index >= 15 is 0 Å². The summed E-state index contributed by atoms with van der Waals surface area (Å²) in [7, 11) is 0. The molecule has 3 N–H and O–H groups in total. The van der Waals surface area contributed by atoms with Crippen molar-refractivity contribution in [1.29, 1.82) is 0 Å². The zero-order valence-electron chi connectivity index (χ0n) is 8.42. The SMILES string of the molecule is CC1C2CC3CC(C2)CC1(NN)C3. The minimum atomic E-state index is 0.328. The van der Waals surface area contributed by atoms with Gasteiger partial charge in [-0.15, -0.1) is 0 Å². The van der Waals surface area contributed by atoms with Crippen molar-refractivity contribution in [1.82, 2.24) is 5.43 Å². The normalized spacial score (nSPS) is 58.6. The van der Waals surface area contributed by atoms with E-state index < -0.39 is 0 Å². The molecule has 4 rings (SSSR count). The van der Waals surface area contributed by atoms with E-state index in [1.165, 1.54) is 32.1 Å². The van der Waals surface area contributed by atoms with Gasteiger partial charge in [0, 0.05) is 5.54 Å². The Balaban J connectivity index is 1.95. The largest absolute Gasteiger partial charge is 0.271 e. The molecule has 0 radical (unpaired) electrons. The maximum absolute atomic E-state index is 5.77. The van der Waals surface area contributed by atoms with Gasteiger partial charge in [0.25, 0.3) is 0 Å². The molecular formula is C11H20N2. The third-order valence-corrected chi connectivity index (χ3v) is 5.11. The van der Waals surface area contributed by atoms with Crippen LogP contribution in [-0.4, -0.2) is 5.54 Å². The predicted molar refractivity (Wildman–Crippen MR) is 52.8 cm³/mol. The minimum absolute atomic E-state index is 0.328. The lowest BCUT2D eigenvalue weighted by Crippen LogP contribution is -2.65. The molecule has 4 bridgehead atoms. The molecule has 0 aliphatic heterocycles. The third-order valence-electron chi connectivity index (χ3n) is 5.11. The molecule has 3 atom stereocenters. The van der Waals surface area contributed by atoms with E-state index in [4.69, 9.17) is 5.84 Å². The van der Waals surface area contributed by atoms with Gasteiger partial charge in [0.1, 0.15) is 0 Å². The standard InChI is InChI=1S/C11H20N2/c1-7-10-3-8-2-9(4-10)6-11(7,5-8)13-12/h7-10,13H,2-6,12H2,1H3. The van der Waals surface area contributed by atoms with E-state index in [-0.39, 0.29) is 0 Å². The summed E-state index contributed by atoms with van der Waals surface area (Å²) in [5.41, 5.74) is 3.49. The zero-order chi connectivity index (χ0) is 9.05. The fraction of sp³-hybridized carbons (Fsp3) is 1.00. The smallest absolute Gasteiger partial charge is 0.0354 e. The van der Waals surface area contributed by atoms with Crippen LogP contribution >= 0.6 is 0 Å². The fourth-order valence-corrected chi connectivity index (χ4v) is 4.54. The van der Waals surface area contributed by atoms with Crippen LogP contribution < -0.4 is 11.3 Å². The van der Waals surface area contributed by atoms with Crippen LogP contribution in [0.2, 0.25) is 0 Å². The average molecular weight is 180 g/mol. The molecule has 0 aromatic carbocycles. The lowest BCUT2D eigenvalue weighted by molar-refractivity contribution is -0.0667. The summed E-state index contributed by atoms with van der Waals surface area (Å²) in [6.07, 6.45) is 7.16. The highest BCUT2D eigenvalue weighted by atomic mass is 15.3. The van der Waals surface area contributed by atoms with Crippen molar-refractivity contribution in [3.8, 4) is 0 Å². The summed E-state index contributed by atoms with van der Waals surface area (Å²) in [4.78, 5) is 0. The van der Waals surface area contributed by atoms with Gasteiger partial charge in [-0.25, -0.2) is 0 Å². The van der Waals surface area contributed by atoms with Gasteiger partial charge in [0.15, 0.2) is 0 Å². The van der Waals surface area contributed by atoms with E-state index in [0.717, 1.165) is 23.7 Å². The van der Waals surface area contributed by atoms with E-state index in [9.17, 15) is 0 Å². The zero-order valence-corrected chi connectivity index (χ0v) is 8.42. The van der Waals surface area contributed by atoms with Crippen molar-refractivity contribution in [2.24, 2.45) is 29.5 Å². The molecule has 74 valence electrons. The fourth-order valence-electron chi connectivity index (χ4n) is 4.54. The second kappa shape index (κ2) is 2.48. The maximum atomic E-state index is 5.77. The third kappa shape index (κ3) is 0.962. The predicted octanol–water partition coefficient (Wildman–Crippen LogP) is 1.66. The number of rotatable bonds is 1. The van der Waals surface area contributed by atoms with Gasteiger partial charge < -0.3 is 0 Å². The van der Waals surface area contributed by atoms with E-state index in [2.05, 4.69) is 12.3 Å². The molecule has 0 spiro atoms. The van der Waals surface area contributed by atoms with Crippen molar-refractivity contribution in [3.63, 3.8) is 0 Å². The van der Waals surface area contributed by atoms with Crippen LogP contribution in [0.1, 0.15) is 39.0 Å². The number of hydrazine groups is 1. The van der Waals surface area contributed by atoms with Crippen molar-refractivity contribution >= 4 is 0 Å². The first-order valence-electron chi connectivity index (χ1n) is 5.71. The van der Waals surface area contributed by atoms with E-state index in [0.29, 0.717) is 5.54 Å². The van der Waals surface area contributed by atoms with Crippen LogP contribution in [0, 0.1) is 23.7 Å². The van der Waals surface area contributed by atoms with E-state index in [1.807, 2.05) is 0 Å².